The summed E-state index contributed by atoms with van der Waals surface area (Å²) < 4.78 is 67.9. The molecule has 0 saturated heterocycles. The molecule has 246 valence electrons. The highest BCUT2D eigenvalue weighted by Crippen LogP contribution is 2.31. The highest BCUT2D eigenvalue weighted by atomic mass is 79.9. The summed E-state index contributed by atoms with van der Waals surface area (Å²) in [4.78, 5) is 52.0. The number of hydrogen-bond acceptors (Lipinski definition) is 4. The van der Waals surface area contributed by atoms with Crippen molar-refractivity contribution >= 4 is 39.3 Å². The Morgan fingerprint density at radius 1 is 0.761 bits per heavy atom. The summed E-state index contributed by atoms with van der Waals surface area (Å²) in [6, 6.07) is 24.1. The van der Waals surface area contributed by atoms with E-state index >= 15 is 0 Å². The maximum atomic E-state index is 14.8. The number of halogens is 6. The summed E-state index contributed by atoms with van der Waals surface area (Å²) in [6.07, 6.45) is -5.82. The SMILES string of the molecule is CC(C)[C@H](CC(=O)[C@H](Cc1ccccc1)NC(=O)CC(c1ccccc1)c1ccc(Br)cc1)C(=O)C(F)(F)C(=O)NCC(F)(F)F. The van der Waals surface area contributed by atoms with E-state index < -0.39 is 66.3 Å². The zero-order valence-electron chi connectivity index (χ0n) is 25.1. The van der Waals surface area contributed by atoms with Gasteiger partial charge in [-0.1, -0.05) is 103 Å². The number of rotatable bonds is 15. The second-order valence-corrected chi connectivity index (χ2v) is 12.2. The molecule has 0 saturated carbocycles. The van der Waals surface area contributed by atoms with Crippen LogP contribution in [0.5, 0.6) is 0 Å². The van der Waals surface area contributed by atoms with Crippen molar-refractivity contribution < 1.29 is 41.1 Å². The van der Waals surface area contributed by atoms with Crippen LogP contribution >= 0.6 is 15.9 Å². The summed E-state index contributed by atoms with van der Waals surface area (Å²) in [5, 5.41) is 3.77. The van der Waals surface area contributed by atoms with Gasteiger partial charge in [0, 0.05) is 29.2 Å². The predicted octanol–water partition coefficient (Wildman–Crippen LogP) is 6.81. The van der Waals surface area contributed by atoms with E-state index in [-0.39, 0.29) is 18.8 Å². The van der Waals surface area contributed by atoms with E-state index in [9.17, 15) is 41.1 Å². The minimum Gasteiger partial charge on any atom is -0.346 e. The van der Waals surface area contributed by atoms with Crippen LogP contribution in [0.15, 0.2) is 89.4 Å². The van der Waals surface area contributed by atoms with Crippen LogP contribution in [0.25, 0.3) is 0 Å². The van der Waals surface area contributed by atoms with Gasteiger partial charge < -0.3 is 10.6 Å². The number of ketones is 2. The van der Waals surface area contributed by atoms with Crippen LogP contribution in [0.2, 0.25) is 0 Å². The van der Waals surface area contributed by atoms with Crippen molar-refractivity contribution in [1.82, 2.24) is 10.6 Å². The maximum Gasteiger partial charge on any atom is 0.405 e. The van der Waals surface area contributed by atoms with E-state index in [1.807, 2.05) is 54.6 Å². The zero-order chi connectivity index (χ0) is 34.1. The summed E-state index contributed by atoms with van der Waals surface area (Å²) in [5.41, 5.74) is 2.34. The van der Waals surface area contributed by atoms with Gasteiger partial charge in [0.2, 0.25) is 11.7 Å². The minimum absolute atomic E-state index is 0.0127. The fraction of sp³-hybridized carbons (Fsp3) is 0.353. The van der Waals surface area contributed by atoms with Crippen molar-refractivity contribution in [3.63, 3.8) is 0 Å². The Labute approximate surface area is 272 Å². The zero-order valence-corrected chi connectivity index (χ0v) is 26.7. The van der Waals surface area contributed by atoms with Gasteiger partial charge in [-0.2, -0.15) is 22.0 Å². The summed E-state index contributed by atoms with van der Waals surface area (Å²) in [7, 11) is 0. The molecule has 1 unspecified atom stereocenters. The normalized spacial score (nSPS) is 13.8. The Balaban J connectivity index is 1.85. The first-order chi connectivity index (χ1) is 21.6. The number of Topliss-reactive ketones (excluding diaryl/α,β-unsaturated/α-hetero) is 2. The van der Waals surface area contributed by atoms with Crippen LogP contribution in [-0.2, 0) is 25.6 Å². The molecule has 0 spiro atoms. The third kappa shape index (κ3) is 10.6. The van der Waals surface area contributed by atoms with E-state index in [2.05, 4.69) is 21.2 Å². The first-order valence-electron chi connectivity index (χ1n) is 14.5. The van der Waals surface area contributed by atoms with Crippen molar-refractivity contribution in [3.8, 4) is 0 Å². The van der Waals surface area contributed by atoms with Crippen LogP contribution in [-0.4, -0.2) is 48.1 Å². The molecule has 2 N–H and O–H groups in total. The average molecular weight is 710 g/mol. The van der Waals surface area contributed by atoms with Crippen LogP contribution in [0.3, 0.4) is 0 Å². The predicted molar refractivity (Wildman–Crippen MR) is 166 cm³/mol. The lowest BCUT2D eigenvalue weighted by atomic mass is 9.82. The lowest BCUT2D eigenvalue weighted by Gasteiger charge is -2.26. The molecule has 2 amide bonds. The van der Waals surface area contributed by atoms with Gasteiger partial charge in [-0.15, -0.1) is 0 Å². The number of carbonyl (C=O) groups excluding carboxylic acids is 4. The summed E-state index contributed by atoms with van der Waals surface area (Å²) in [6.45, 7) is 0.718. The number of benzene rings is 3. The van der Waals surface area contributed by atoms with E-state index in [0.717, 1.165) is 20.9 Å². The van der Waals surface area contributed by atoms with Crippen LogP contribution < -0.4 is 10.6 Å². The topological polar surface area (TPSA) is 92.3 Å². The van der Waals surface area contributed by atoms with E-state index in [0.29, 0.717) is 5.56 Å². The maximum absolute atomic E-state index is 14.8. The number of carbonyl (C=O) groups is 4. The van der Waals surface area contributed by atoms with Crippen molar-refractivity contribution in [1.29, 1.82) is 0 Å². The second-order valence-electron chi connectivity index (χ2n) is 11.3. The molecule has 0 aliphatic heterocycles. The number of amides is 2. The molecular formula is C34H34BrF5N2O4. The number of alkyl halides is 5. The average Bonchev–Trinajstić information content (AvgIpc) is 3.01. The first kappa shape index (κ1) is 36.5. The third-order valence-electron chi connectivity index (χ3n) is 7.48. The van der Waals surface area contributed by atoms with Crippen molar-refractivity contribution in [3.05, 3.63) is 106 Å². The lowest BCUT2D eigenvalue weighted by molar-refractivity contribution is -0.167. The second kappa shape index (κ2) is 16.1. The Hall–Kier alpha value is -3.93. The van der Waals surface area contributed by atoms with Gasteiger partial charge in [0.25, 0.3) is 5.91 Å². The van der Waals surface area contributed by atoms with E-state index in [1.54, 1.807) is 30.3 Å². The van der Waals surface area contributed by atoms with Gasteiger partial charge in [0.15, 0.2) is 5.78 Å². The van der Waals surface area contributed by atoms with Gasteiger partial charge >= 0.3 is 12.1 Å². The van der Waals surface area contributed by atoms with Gasteiger partial charge in [0.05, 0.1) is 6.04 Å². The Bertz CT molecular complexity index is 1480. The molecular weight excluding hydrogens is 675 g/mol. The van der Waals surface area contributed by atoms with Crippen LogP contribution in [0, 0.1) is 11.8 Å². The van der Waals surface area contributed by atoms with Gasteiger partial charge in [-0.3, -0.25) is 19.2 Å². The van der Waals surface area contributed by atoms with E-state index in [1.165, 1.54) is 13.8 Å². The highest BCUT2D eigenvalue weighted by molar-refractivity contribution is 9.10. The van der Waals surface area contributed by atoms with E-state index in [4.69, 9.17) is 0 Å². The fourth-order valence-corrected chi connectivity index (χ4v) is 5.23. The minimum atomic E-state index is -4.97. The molecule has 0 bridgehead atoms. The molecule has 6 nitrogen and oxygen atoms in total. The fourth-order valence-electron chi connectivity index (χ4n) is 4.97. The van der Waals surface area contributed by atoms with Gasteiger partial charge in [0.1, 0.15) is 6.54 Å². The lowest BCUT2D eigenvalue weighted by Crippen LogP contribution is -2.52. The Morgan fingerprint density at radius 2 is 1.30 bits per heavy atom. The smallest absolute Gasteiger partial charge is 0.346 e. The summed E-state index contributed by atoms with van der Waals surface area (Å²) >= 11 is 3.40. The standard InChI is InChI=1S/C34H34BrF5N2O4/c1-21(2)26(31(45)34(39,40)32(46)41-20-33(36,37)38)18-29(43)28(17-22-9-5-3-6-10-22)42-30(44)19-27(23-11-7-4-8-12-23)24-13-15-25(35)16-14-24/h3-16,21,26-28H,17-20H2,1-2H3,(H,41,46)(H,42,44)/t26-,27?,28-/m0/s1. The van der Waals surface area contributed by atoms with Crippen molar-refractivity contribution in [2.75, 3.05) is 6.54 Å². The Morgan fingerprint density at radius 3 is 1.85 bits per heavy atom. The third-order valence-corrected chi connectivity index (χ3v) is 8.01. The molecule has 0 fully saturated rings. The first-order valence-corrected chi connectivity index (χ1v) is 15.3. The van der Waals surface area contributed by atoms with Crippen molar-refractivity contribution in [2.24, 2.45) is 11.8 Å². The molecule has 0 heterocycles. The molecule has 3 rings (SSSR count). The van der Waals surface area contributed by atoms with Gasteiger partial charge in [-0.25, -0.2) is 0 Å². The van der Waals surface area contributed by atoms with Crippen LogP contribution in [0.4, 0.5) is 22.0 Å². The number of nitrogens with one attached hydrogen (secondary N) is 2. The molecule has 3 aromatic carbocycles. The summed E-state index contributed by atoms with van der Waals surface area (Å²) in [5.74, 6) is -13.4. The van der Waals surface area contributed by atoms with Gasteiger partial charge in [-0.05, 0) is 41.2 Å². The highest BCUT2D eigenvalue weighted by Gasteiger charge is 2.51. The molecule has 0 aliphatic carbocycles. The quantitative estimate of drug-likeness (QED) is 0.134. The largest absolute Gasteiger partial charge is 0.405 e. The number of hydrogen-bond donors (Lipinski definition) is 2. The monoisotopic (exact) mass is 708 g/mol. The molecule has 0 aromatic heterocycles. The molecule has 3 aromatic rings. The van der Waals surface area contributed by atoms with Crippen molar-refractivity contribution in [2.45, 2.75) is 57.2 Å². The molecule has 0 radical (unpaired) electrons. The van der Waals surface area contributed by atoms with Crippen LogP contribution in [0.1, 0.15) is 49.3 Å². The molecule has 12 heteroatoms. The molecule has 0 aliphatic rings. The molecule has 46 heavy (non-hydrogen) atoms. The Kier molecular flexibility index (Phi) is 12.8. The molecule has 3 atom stereocenters.